The molecule has 0 aromatic heterocycles. The lowest BCUT2D eigenvalue weighted by atomic mass is 9.99. The maximum Gasteiger partial charge on any atom is 0.261 e. The average molecular weight is 494 g/mol. The van der Waals surface area contributed by atoms with E-state index in [4.69, 9.17) is 11.6 Å². The predicted molar refractivity (Wildman–Crippen MR) is 127 cm³/mol. The van der Waals surface area contributed by atoms with Gasteiger partial charge in [0.05, 0.1) is 16.3 Å². The number of piperidine rings is 1. The zero-order valence-electron chi connectivity index (χ0n) is 17.7. The number of sulfonamides is 1. The van der Waals surface area contributed by atoms with Crippen LogP contribution in [0.3, 0.4) is 0 Å². The van der Waals surface area contributed by atoms with Gasteiger partial charge in [0.2, 0.25) is 11.8 Å². The molecule has 2 aromatic rings. The minimum absolute atomic E-state index is 0.0151. The lowest BCUT2D eigenvalue weighted by molar-refractivity contribution is -0.135. The van der Waals surface area contributed by atoms with Crippen LogP contribution in [0.15, 0.2) is 46.2 Å². The first-order valence-electron chi connectivity index (χ1n) is 10.3. The molecular weight excluding hydrogens is 470 g/mol. The predicted octanol–water partition coefficient (Wildman–Crippen LogP) is 4.12. The van der Waals surface area contributed by atoms with Crippen LogP contribution in [0, 0.1) is 12.8 Å². The van der Waals surface area contributed by atoms with E-state index in [1.165, 1.54) is 12.1 Å². The number of fused-ring (bicyclic) bond motifs is 1. The molecule has 0 spiro atoms. The summed E-state index contributed by atoms with van der Waals surface area (Å²) in [5.74, 6) is -0.0398. The Hall–Kier alpha value is -2.23. The van der Waals surface area contributed by atoms with Crippen LogP contribution in [-0.4, -0.2) is 43.5 Å². The number of thioether (sulfide) groups is 1. The fourth-order valence-electron chi connectivity index (χ4n) is 3.76. The first-order valence-corrected chi connectivity index (χ1v) is 13.1. The van der Waals surface area contributed by atoms with Crippen molar-refractivity contribution in [3.8, 4) is 0 Å². The third kappa shape index (κ3) is 4.74. The Labute approximate surface area is 196 Å². The molecule has 0 unspecified atom stereocenters. The van der Waals surface area contributed by atoms with Crippen LogP contribution in [0.25, 0.3) is 0 Å². The monoisotopic (exact) mass is 493 g/mol. The first-order chi connectivity index (χ1) is 15.1. The maximum absolute atomic E-state index is 12.9. The largest absolute Gasteiger partial charge is 0.341 e. The van der Waals surface area contributed by atoms with Crippen molar-refractivity contribution < 1.29 is 18.0 Å². The SMILES string of the molecule is Cc1cc(Cl)ccc1NS(=O)(=O)c1ccc2c(c1)NC(=O)[C@@H](C(=O)N1CCC(C)CC1)S2. The summed E-state index contributed by atoms with van der Waals surface area (Å²) in [7, 11) is -3.88. The van der Waals surface area contributed by atoms with Gasteiger partial charge in [-0.1, -0.05) is 18.5 Å². The topological polar surface area (TPSA) is 95.6 Å². The average Bonchev–Trinajstić information content (AvgIpc) is 2.75. The van der Waals surface area contributed by atoms with Crippen LogP contribution in [-0.2, 0) is 19.6 Å². The Morgan fingerprint density at radius 3 is 2.59 bits per heavy atom. The van der Waals surface area contributed by atoms with E-state index < -0.39 is 21.2 Å². The Kier molecular flexibility index (Phi) is 6.42. The third-order valence-electron chi connectivity index (χ3n) is 5.75. The van der Waals surface area contributed by atoms with Gasteiger partial charge < -0.3 is 10.2 Å². The molecule has 0 aliphatic carbocycles. The number of hydrogen-bond acceptors (Lipinski definition) is 5. The summed E-state index contributed by atoms with van der Waals surface area (Å²) in [4.78, 5) is 28.0. The molecule has 2 heterocycles. The van der Waals surface area contributed by atoms with Crippen LogP contribution in [0.2, 0.25) is 5.02 Å². The lowest BCUT2D eigenvalue weighted by Gasteiger charge is -2.33. The van der Waals surface area contributed by atoms with Gasteiger partial charge in [0.1, 0.15) is 0 Å². The molecule has 4 rings (SSSR count). The van der Waals surface area contributed by atoms with Gasteiger partial charge in [0.15, 0.2) is 5.25 Å². The molecular formula is C22H24ClN3O4S2. The molecule has 2 aliphatic rings. The number of carbonyl (C=O) groups is 2. The molecule has 0 radical (unpaired) electrons. The molecule has 7 nitrogen and oxygen atoms in total. The number of carbonyl (C=O) groups excluding carboxylic acids is 2. The highest BCUT2D eigenvalue weighted by atomic mass is 35.5. The van der Waals surface area contributed by atoms with E-state index in [0.29, 0.717) is 45.9 Å². The molecule has 2 N–H and O–H groups in total. The summed E-state index contributed by atoms with van der Waals surface area (Å²) >= 11 is 7.10. The summed E-state index contributed by atoms with van der Waals surface area (Å²) in [6, 6.07) is 9.39. The van der Waals surface area contributed by atoms with Gasteiger partial charge in [-0.25, -0.2) is 8.42 Å². The molecule has 2 aromatic carbocycles. The molecule has 0 bridgehead atoms. The molecule has 1 saturated heterocycles. The fraction of sp³-hybridized carbons (Fsp3) is 0.364. The van der Waals surface area contributed by atoms with E-state index in [2.05, 4.69) is 17.0 Å². The summed E-state index contributed by atoms with van der Waals surface area (Å²) in [6.07, 6.45) is 1.87. The van der Waals surface area contributed by atoms with Gasteiger partial charge in [0.25, 0.3) is 10.0 Å². The summed E-state index contributed by atoms with van der Waals surface area (Å²) < 4.78 is 28.3. The molecule has 2 aliphatic heterocycles. The van der Waals surface area contributed by atoms with E-state index >= 15 is 0 Å². The number of nitrogens with one attached hydrogen (secondary N) is 2. The van der Waals surface area contributed by atoms with E-state index in [1.54, 1.807) is 36.1 Å². The van der Waals surface area contributed by atoms with E-state index in [0.717, 1.165) is 24.6 Å². The van der Waals surface area contributed by atoms with E-state index in [-0.39, 0.29) is 10.8 Å². The number of aryl methyl sites for hydroxylation is 1. The Morgan fingerprint density at radius 2 is 1.91 bits per heavy atom. The second kappa shape index (κ2) is 8.96. The van der Waals surface area contributed by atoms with Crippen molar-refractivity contribution in [3.63, 3.8) is 0 Å². The molecule has 32 heavy (non-hydrogen) atoms. The van der Waals surface area contributed by atoms with E-state index in [1.807, 2.05) is 0 Å². The fourth-order valence-corrected chi connectivity index (χ4v) is 6.19. The quantitative estimate of drug-likeness (QED) is 0.624. The third-order valence-corrected chi connectivity index (χ3v) is 8.61. The summed E-state index contributed by atoms with van der Waals surface area (Å²) in [5, 5.41) is 2.37. The Bertz CT molecular complexity index is 1180. The number of benzene rings is 2. The van der Waals surface area contributed by atoms with Crippen LogP contribution in [0.1, 0.15) is 25.3 Å². The number of hydrogen-bond donors (Lipinski definition) is 2. The van der Waals surface area contributed by atoms with Crippen LogP contribution in [0.4, 0.5) is 11.4 Å². The van der Waals surface area contributed by atoms with Crippen molar-refractivity contribution in [2.75, 3.05) is 23.1 Å². The van der Waals surface area contributed by atoms with Crippen molar-refractivity contribution in [1.82, 2.24) is 4.90 Å². The zero-order chi connectivity index (χ0) is 23.0. The van der Waals surface area contributed by atoms with E-state index in [9.17, 15) is 18.0 Å². The summed E-state index contributed by atoms with van der Waals surface area (Å²) in [5.41, 5.74) is 1.50. The number of anilines is 2. The summed E-state index contributed by atoms with van der Waals surface area (Å²) in [6.45, 7) is 5.23. The number of nitrogens with zero attached hydrogens (tertiary/aromatic N) is 1. The van der Waals surface area contributed by atoms with Crippen molar-refractivity contribution >= 4 is 56.6 Å². The van der Waals surface area contributed by atoms with Crippen molar-refractivity contribution in [3.05, 3.63) is 47.0 Å². The Balaban J connectivity index is 1.52. The number of rotatable bonds is 4. The second-order valence-electron chi connectivity index (χ2n) is 8.22. The smallest absolute Gasteiger partial charge is 0.261 e. The van der Waals surface area contributed by atoms with Crippen LogP contribution >= 0.6 is 23.4 Å². The standard InChI is InChI=1S/C22H24ClN3O4S2/c1-13-7-9-26(10-8-13)22(28)20-21(27)24-18-12-16(4-6-19(18)31-20)32(29,30)25-17-5-3-15(23)11-14(17)2/h3-6,11-13,20,25H,7-10H2,1-2H3,(H,24,27)/t20-/m0/s1. The minimum Gasteiger partial charge on any atom is -0.341 e. The van der Waals surface area contributed by atoms with Gasteiger partial charge >= 0.3 is 0 Å². The molecule has 1 fully saturated rings. The zero-order valence-corrected chi connectivity index (χ0v) is 20.1. The number of amides is 2. The lowest BCUT2D eigenvalue weighted by Crippen LogP contribution is -2.47. The van der Waals surface area contributed by atoms with Crippen LogP contribution < -0.4 is 10.0 Å². The highest BCUT2D eigenvalue weighted by Gasteiger charge is 2.37. The van der Waals surface area contributed by atoms with Crippen molar-refractivity contribution in [2.45, 2.75) is 41.7 Å². The van der Waals surface area contributed by atoms with Gasteiger partial charge in [-0.3, -0.25) is 14.3 Å². The maximum atomic E-state index is 12.9. The molecule has 170 valence electrons. The van der Waals surface area contributed by atoms with Crippen molar-refractivity contribution in [1.29, 1.82) is 0 Å². The highest BCUT2D eigenvalue weighted by molar-refractivity contribution is 8.01. The van der Waals surface area contributed by atoms with Gasteiger partial charge in [-0.05, 0) is 67.6 Å². The molecule has 1 atom stereocenters. The number of likely N-dealkylation sites (tertiary alicyclic amines) is 1. The Morgan fingerprint density at radius 1 is 1.19 bits per heavy atom. The first kappa shape index (κ1) is 22.9. The highest BCUT2D eigenvalue weighted by Crippen LogP contribution is 2.38. The van der Waals surface area contributed by atoms with Gasteiger partial charge in [-0.2, -0.15) is 0 Å². The van der Waals surface area contributed by atoms with Gasteiger partial charge in [-0.15, -0.1) is 11.8 Å². The van der Waals surface area contributed by atoms with Crippen LogP contribution in [0.5, 0.6) is 0 Å². The second-order valence-corrected chi connectivity index (χ2v) is 11.5. The normalized spacial score (nSPS) is 19.3. The molecule has 10 heteroatoms. The minimum atomic E-state index is -3.88. The van der Waals surface area contributed by atoms with Crippen molar-refractivity contribution in [2.24, 2.45) is 5.92 Å². The molecule has 2 amide bonds. The van der Waals surface area contributed by atoms with Gasteiger partial charge in [0, 0.05) is 23.0 Å². The number of halogens is 1. The molecule has 0 saturated carbocycles.